The van der Waals surface area contributed by atoms with E-state index < -0.39 is 51.5 Å². The topological polar surface area (TPSA) is 112 Å². The smallest absolute Gasteiger partial charge is 0.358 e. The van der Waals surface area contributed by atoms with E-state index in [1.54, 1.807) is 19.0 Å². The molecular weight excluding hydrogens is 513 g/mol. The number of hydrogen-bond donors (Lipinski definition) is 3. The third-order valence-corrected chi connectivity index (χ3v) is 6.42. The summed E-state index contributed by atoms with van der Waals surface area (Å²) >= 11 is 0. The van der Waals surface area contributed by atoms with Gasteiger partial charge >= 0.3 is 6.18 Å². The van der Waals surface area contributed by atoms with Gasteiger partial charge in [-0.15, -0.1) is 0 Å². The Morgan fingerprint density at radius 1 is 1.26 bits per heavy atom. The average Bonchev–Trinajstić information content (AvgIpc) is 3.28. The number of H-pyrrole nitrogens is 1. The number of rotatable bonds is 8. The maximum Gasteiger partial charge on any atom is 0.419 e. The first kappa shape index (κ1) is 27.1. The largest absolute Gasteiger partial charge is 0.419 e. The van der Waals surface area contributed by atoms with E-state index in [2.05, 4.69) is 25.6 Å². The van der Waals surface area contributed by atoms with Gasteiger partial charge in [-0.25, -0.2) is 18.7 Å². The van der Waals surface area contributed by atoms with Crippen LogP contribution in [0.1, 0.15) is 12.0 Å². The Morgan fingerprint density at radius 2 is 2.00 bits per heavy atom. The van der Waals surface area contributed by atoms with Gasteiger partial charge in [0.1, 0.15) is 22.7 Å². The first-order valence-electron chi connectivity index (χ1n) is 11.4. The number of aromatic amines is 1. The van der Waals surface area contributed by atoms with Gasteiger partial charge in [0.2, 0.25) is 5.95 Å². The normalized spacial score (nSPS) is 20.0. The standard InChI is InChI=1S/C24H24F5N7O2/c1-30-23(7-8-35(2)3)10-17(26)18(9-19(23)36(37)38)33-22-32-12-15(24(27,28)29)20(34-22)14-11-31-21-13(14)5-4-6-16(21)25/h4-6,9-12,19,30-31H,7-8H2,1-3H3,(H,32,33,34). The molecule has 38 heavy (non-hydrogen) atoms. The van der Waals surface area contributed by atoms with Crippen molar-refractivity contribution in [3.8, 4) is 11.3 Å². The first-order valence-corrected chi connectivity index (χ1v) is 11.4. The number of alkyl halides is 3. The van der Waals surface area contributed by atoms with Gasteiger partial charge in [-0.05, 0) is 46.3 Å². The zero-order chi connectivity index (χ0) is 27.8. The van der Waals surface area contributed by atoms with Crippen LogP contribution in [0.5, 0.6) is 0 Å². The van der Waals surface area contributed by atoms with E-state index in [0.717, 1.165) is 18.2 Å². The van der Waals surface area contributed by atoms with Crippen molar-refractivity contribution < 1.29 is 26.9 Å². The molecule has 4 rings (SSSR count). The quantitative estimate of drug-likeness (QED) is 0.220. The summed E-state index contributed by atoms with van der Waals surface area (Å²) in [7, 11) is 5.03. The predicted molar refractivity (Wildman–Crippen MR) is 131 cm³/mol. The molecule has 0 radical (unpaired) electrons. The monoisotopic (exact) mass is 537 g/mol. The molecule has 0 aliphatic heterocycles. The number of benzene rings is 1. The predicted octanol–water partition coefficient (Wildman–Crippen LogP) is 4.50. The fourth-order valence-corrected chi connectivity index (χ4v) is 4.39. The van der Waals surface area contributed by atoms with Crippen molar-refractivity contribution in [1.82, 2.24) is 25.2 Å². The Balaban J connectivity index is 1.76. The summed E-state index contributed by atoms with van der Waals surface area (Å²) in [6.45, 7) is 0.419. The minimum absolute atomic E-state index is 0.0114. The number of fused-ring (bicyclic) bond motifs is 1. The molecule has 0 amide bonds. The molecule has 2 heterocycles. The zero-order valence-corrected chi connectivity index (χ0v) is 20.5. The van der Waals surface area contributed by atoms with E-state index >= 15 is 4.39 Å². The van der Waals surface area contributed by atoms with E-state index in [9.17, 15) is 27.7 Å². The summed E-state index contributed by atoms with van der Waals surface area (Å²) in [5.41, 5.74) is -3.53. The van der Waals surface area contributed by atoms with Gasteiger partial charge in [-0.3, -0.25) is 10.1 Å². The lowest BCUT2D eigenvalue weighted by molar-refractivity contribution is -0.519. The number of nitrogens with one attached hydrogen (secondary N) is 3. The second-order valence-electron chi connectivity index (χ2n) is 9.09. The molecule has 0 bridgehead atoms. The number of hydrogen-bond acceptors (Lipinski definition) is 7. The number of nitro groups is 1. The molecule has 202 valence electrons. The van der Waals surface area contributed by atoms with Crippen molar-refractivity contribution in [1.29, 1.82) is 0 Å². The third kappa shape index (κ3) is 5.09. The van der Waals surface area contributed by atoms with Crippen LogP contribution in [-0.2, 0) is 6.18 Å². The Morgan fingerprint density at radius 3 is 2.63 bits per heavy atom. The summed E-state index contributed by atoms with van der Waals surface area (Å²) in [4.78, 5) is 23.4. The van der Waals surface area contributed by atoms with Crippen LogP contribution in [-0.4, -0.2) is 64.0 Å². The third-order valence-electron chi connectivity index (χ3n) is 6.42. The number of halogens is 5. The van der Waals surface area contributed by atoms with Crippen molar-refractivity contribution in [2.45, 2.75) is 24.2 Å². The van der Waals surface area contributed by atoms with Crippen molar-refractivity contribution in [2.75, 3.05) is 33.0 Å². The van der Waals surface area contributed by atoms with Crippen molar-refractivity contribution in [3.63, 3.8) is 0 Å². The highest BCUT2D eigenvalue weighted by molar-refractivity contribution is 5.95. The Hall–Kier alpha value is -3.91. The maximum absolute atomic E-state index is 15.2. The van der Waals surface area contributed by atoms with Crippen molar-refractivity contribution >= 4 is 16.9 Å². The molecule has 14 heteroatoms. The van der Waals surface area contributed by atoms with Crippen LogP contribution in [0.4, 0.5) is 27.9 Å². The van der Waals surface area contributed by atoms with Gasteiger partial charge < -0.3 is 20.5 Å². The van der Waals surface area contributed by atoms with E-state index in [-0.39, 0.29) is 28.6 Å². The van der Waals surface area contributed by atoms with Gasteiger partial charge in [0.15, 0.2) is 0 Å². The maximum atomic E-state index is 15.2. The molecule has 2 atom stereocenters. The second kappa shape index (κ2) is 10.1. The summed E-state index contributed by atoms with van der Waals surface area (Å²) in [5, 5.41) is 17.4. The molecule has 3 N–H and O–H groups in total. The van der Waals surface area contributed by atoms with Gasteiger partial charge in [0.25, 0.3) is 6.04 Å². The Bertz CT molecular complexity index is 1430. The molecule has 3 aromatic rings. The number of allylic oxidation sites excluding steroid dienone is 1. The van der Waals surface area contributed by atoms with Crippen LogP contribution in [0.25, 0.3) is 22.2 Å². The van der Waals surface area contributed by atoms with Gasteiger partial charge in [0, 0.05) is 34.3 Å². The minimum Gasteiger partial charge on any atom is -0.358 e. The summed E-state index contributed by atoms with van der Waals surface area (Å²) in [6, 6.07) is 2.52. The molecule has 2 aromatic heterocycles. The highest BCUT2D eigenvalue weighted by Gasteiger charge is 2.46. The number of aromatic nitrogens is 3. The fourth-order valence-electron chi connectivity index (χ4n) is 4.39. The number of para-hydroxylation sites is 1. The lowest BCUT2D eigenvalue weighted by Crippen LogP contribution is -2.56. The molecule has 0 spiro atoms. The van der Waals surface area contributed by atoms with E-state index in [4.69, 9.17) is 0 Å². The summed E-state index contributed by atoms with van der Waals surface area (Å²) in [5.74, 6) is -1.96. The molecule has 0 saturated heterocycles. The van der Waals surface area contributed by atoms with Crippen LogP contribution >= 0.6 is 0 Å². The zero-order valence-electron chi connectivity index (χ0n) is 20.5. The Labute approximate surface area is 213 Å². The molecular formula is C24H24F5N7O2. The highest BCUT2D eigenvalue weighted by atomic mass is 19.4. The molecule has 0 saturated carbocycles. The second-order valence-corrected chi connectivity index (χ2v) is 9.09. The lowest BCUT2D eigenvalue weighted by Gasteiger charge is -2.35. The molecule has 1 aliphatic rings. The molecule has 2 unspecified atom stereocenters. The molecule has 0 fully saturated rings. The van der Waals surface area contributed by atoms with E-state index in [1.165, 1.54) is 25.4 Å². The Kier molecular flexibility index (Phi) is 7.21. The van der Waals surface area contributed by atoms with Crippen LogP contribution in [0.3, 0.4) is 0 Å². The average molecular weight is 537 g/mol. The van der Waals surface area contributed by atoms with E-state index in [1.807, 2.05) is 0 Å². The molecule has 9 nitrogen and oxygen atoms in total. The van der Waals surface area contributed by atoms with E-state index in [0.29, 0.717) is 12.7 Å². The van der Waals surface area contributed by atoms with Gasteiger partial charge in [-0.2, -0.15) is 13.2 Å². The SMILES string of the molecule is CNC1(CCN(C)C)C=C(F)C(Nc2ncc(C(F)(F)F)c(-c3c[nH]c4c(F)cccc34)n2)=CC1[N+](=O)[O-]. The van der Waals surface area contributed by atoms with Gasteiger partial charge in [-0.1, -0.05) is 12.1 Å². The van der Waals surface area contributed by atoms with Gasteiger partial charge in [0.05, 0.1) is 16.9 Å². The first-order chi connectivity index (χ1) is 17.9. The number of anilines is 1. The van der Waals surface area contributed by atoms with Crippen LogP contribution in [0.2, 0.25) is 0 Å². The van der Waals surface area contributed by atoms with Crippen LogP contribution in [0, 0.1) is 15.9 Å². The van der Waals surface area contributed by atoms with Crippen LogP contribution < -0.4 is 10.6 Å². The summed E-state index contributed by atoms with van der Waals surface area (Å²) < 4.78 is 70.8. The highest BCUT2D eigenvalue weighted by Crippen LogP contribution is 2.39. The molecule has 1 aromatic carbocycles. The molecule has 1 aliphatic carbocycles. The van der Waals surface area contributed by atoms with Crippen molar-refractivity contribution in [3.05, 3.63) is 75.8 Å². The van der Waals surface area contributed by atoms with Crippen molar-refractivity contribution in [2.24, 2.45) is 0 Å². The minimum atomic E-state index is -4.85. The van der Waals surface area contributed by atoms with Crippen LogP contribution in [0.15, 0.2) is 54.3 Å². The number of nitrogens with zero attached hydrogens (tertiary/aromatic N) is 4. The number of likely N-dealkylation sites (N-methyl/N-ethyl adjacent to an activating group) is 1. The fraction of sp³-hybridized carbons (Fsp3) is 0.333. The lowest BCUT2D eigenvalue weighted by atomic mass is 9.82. The summed E-state index contributed by atoms with van der Waals surface area (Å²) in [6.07, 6.45) is -0.812.